The van der Waals surface area contributed by atoms with Crippen LogP contribution in [0.5, 0.6) is 5.75 Å². The Kier molecular flexibility index (Phi) is 3.68. The lowest BCUT2D eigenvalue weighted by Gasteiger charge is -2.08. The summed E-state index contributed by atoms with van der Waals surface area (Å²) < 4.78 is 5.34. The molecule has 0 atom stereocenters. The lowest BCUT2D eigenvalue weighted by atomic mass is 10.1. The van der Waals surface area contributed by atoms with E-state index >= 15 is 0 Å². The van der Waals surface area contributed by atoms with E-state index in [4.69, 9.17) is 16.3 Å². The second-order valence-corrected chi connectivity index (χ2v) is 4.55. The number of hydrogen-bond acceptors (Lipinski definition) is 2. The van der Waals surface area contributed by atoms with Gasteiger partial charge in [-0.05, 0) is 37.6 Å². The molecular weight excluding hydrogens is 248 g/mol. The standard InChI is InChI=1S/C15H13ClO2/c1-10-7-8-14(11(2)9-10)18-15(17)12-5-3-4-6-13(12)16/h3-9H,1-2H3. The van der Waals surface area contributed by atoms with E-state index < -0.39 is 5.97 Å². The van der Waals surface area contributed by atoms with E-state index in [-0.39, 0.29) is 0 Å². The van der Waals surface area contributed by atoms with Crippen LogP contribution in [-0.2, 0) is 0 Å². The second kappa shape index (κ2) is 5.23. The van der Waals surface area contributed by atoms with Gasteiger partial charge in [0, 0.05) is 0 Å². The summed E-state index contributed by atoms with van der Waals surface area (Å²) in [4.78, 5) is 12.0. The molecule has 0 bridgehead atoms. The van der Waals surface area contributed by atoms with Crippen LogP contribution in [0.15, 0.2) is 42.5 Å². The molecular formula is C15H13ClO2. The summed E-state index contributed by atoms with van der Waals surface area (Å²) in [6.07, 6.45) is 0. The first-order valence-corrected chi connectivity index (χ1v) is 5.99. The first-order chi connectivity index (χ1) is 8.58. The van der Waals surface area contributed by atoms with Crippen molar-refractivity contribution in [2.24, 2.45) is 0 Å². The van der Waals surface area contributed by atoms with Crippen LogP contribution in [0, 0.1) is 13.8 Å². The Morgan fingerprint density at radius 2 is 1.83 bits per heavy atom. The van der Waals surface area contributed by atoms with Gasteiger partial charge in [0.15, 0.2) is 0 Å². The minimum Gasteiger partial charge on any atom is -0.423 e. The van der Waals surface area contributed by atoms with Crippen molar-refractivity contribution in [1.29, 1.82) is 0 Å². The molecule has 0 fully saturated rings. The number of rotatable bonds is 2. The third-order valence-electron chi connectivity index (χ3n) is 2.63. The lowest BCUT2D eigenvalue weighted by Crippen LogP contribution is -2.09. The zero-order valence-corrected chi connectivity index (χ0v) is 11.0. The number of carbonyl (C=O) groups is 1. The van der Waals surface area contributed by atoms with Gasteiger partial charge in [-0.15, -0.1) is 0 Å². The molecule has 0 radical (unpaired) electrons. The minimum atomic E-state index is -0.437. The van der Waals surface area contributed by atoms with Crippen molar-refractivity contribution in [3.63, 3.8) is 0 Å². The van der Waals surface area contributed by atoms with Crippen molar-refractivity contribution >= 4 is 17.6 Å². The molecule has 0 unspecified atom stereocenters. The minimum absolute atomic E-state index is 0.374. The van der Waals surface area contributed by atoms with Gasteiger partial charge in [-0.25, -0.2) is 4.79 Å². The molecule has 0 amide bonds. The van der Waals surface area contributed by atoms with Crippen molar-refractivity contribution < 1.29 is 9.53 Å². The zero-order valence-electron chi connectivity index (χ0n) is 10.2. The smallest absolute Gasteiger partial charge is 0.345 e. The van der Waals surface area contributed by atoms with Gasteiger partial charge in [-0.1, -0.05) is 41.4 Å². The Morgan fingerprint density at radius 3 is 2.50 bits per heavy atom. The number of aryl methyl sites for hydroxylation is 2. The highest BCUT2D eigenvalue weighted by molar-refractivity contribution is 6.33. The van der Waals surface area contributed by atoms with Crippen molar-refractivity contribution in [3.8, 4) is 5.75 Å². The van der Waals surface area contributed by atoms with Crippen molar-refractivity contribution in [2.75, 3.05) is 0 Å². The molecule has 0 aliphatic carbocycles. The number of ether oxygens (including phenoxy) is 1. The average Bonchev–Trinajstić information content (AvgIpc) is 2.33. The quantitative estimate of drug-likeness (QED) is 0.598. The highest BCUT2D eigenvalue weighted by atomic mass is 35.5. The molecule has 3 heteroatoms. The molecule has 2 aromatic rings. The average molecular weight is 261 g/mol. The van der Waals surface area contributed by atoms with Gasteiger partial charge >= 0.3 is 5.97 Å². The van der Waals surface area contributed by atoms with Gasteiger partial charge < -0.3 is 4.74 Å². The molecule has 0 heterocycles. The van der Waals surface area contributed by atoms with Gasteiger partial charge in [0.05, 0.1) is 10.6 Å². The molecule has 0 aliphatic heterocycles. The highest BCUT2D eigenvalue weighted by Gasteiger charge is 2.13. The summed E-state index contributed by atoms with van der Waals surface area (Å²) in [6, 6.07) is 12.5. The van der Waals surface area contributed by atoms with Crippen molar-refractivity contribution in [1.82, 2.24) is 0 Å². The molecule has 2 rings (SSSR count). The van der Waals surface area contributed by atoms with Gasteiger partial charge in [-0.3, -0.25) is 0 Å². The Labute approximate surface area is 111 Å². The van der Waals surface area contributed by atoms with E-state index in [9.17, 15) is 4.79 Å². The maximum absolute atomic E-state index is 12.0. The SMILES string of the molecule is Cc1ccc(OC(=O)c2ccccc2Cl)c(C)c1. The molecule has 2 nitrogen and oxygen atoms in total. The number of carbonyl (C=O) groups excluding carboxylic acids is 1. The van der Waals surface area contributed by atoms with E-state index in [1.807, 2.05) is 26.0 Å². The molecule has 0 spiro atoms. The van der Waals surface area contributed by atoms with Crippen LogP contribution in [-0.4, -0.2) is 5.97 Å². The fourth-order valence-corrected chi connectivity index (χ4v) is 1.91. The van der Waals surface area contributed by atoms with Crippen LogP contribution in [0.25, 0.3) is 0 Å². The van der Waals surface area contributed by atoms with E-state index in [0.717, 1.165) is 11.1 Å². The molecule has 0 N–H and O–H groups in total. The first kappa shape index (κ1) is 12.7. The number of hydrogen-bond donors (Lipinski definition) is 0. The van der Waals surface area contributed by atoms with Crippen molar-refractivity contribution in [2.45, 2.75) is 13.8 Å². The van der Waals surface area contributed by atoms with E-state index in [1.165, 1.54) is 0 Å². The third kappa shape index (κ3) is 2.71. The molecule has 2 aromatic carbocycles. The second-order valence-electron chi connectivity index (χ2n) is 4.14. The zero-order chi connectivity index (χ0) is 13.1. The van der Waals surface area contributed by atoms with Crippen LogP contribution in [0.2, 0.25) is 5.02 Å². The van der Waals surface area contributed by atoms with Crippen LogP contribution in [0.3, 0.4) is 0 Å². The predicted molar refractivity (Wildman–Crippen MR) is 72.3 cm³/mol. The Morgan fingerprint density at radius 1 is 1.11 bits per heavy atom. The van der Waals surface area contributed by atoms with Gasteiger partial charge in [0.25, 0.3) is 0 Å². The van der Waals surface area contributed by atoms with Crippen LogP contribution in [0.1, 0.15) is 21.5 Å². The monoisotopic (exact) mass is 260 g/mol. The third-order valence-corrected chi connectivity index (χ3v) is 2.96. The van der Waals surface area contributed by atoms with Gasteiger partial charge in [0.1, 0.15) is 5.75 Å². The molecule has 0 saturated carbocycles. The van der Waals surface area contributed by atoms with E-state index in [1.54, 1.807) is 30.3 Å². The highest BCUT2D eigenvalue weighted by Crippen LogP contribution is 2.22. The number of esters is 1. The lowest BCUT2D eigenvalue weighted by molar-refractivity contribution is 0.0733. The van der Waals surface area contributed by atoms with Crippen molar-refractivity contribution in [3.05, 3.63) is 64.2 Å². The van der Waals surface area contributed by atoms with Crippen LogP contribution in [0.4, 0.5) is 0 Å². The largest absolute Gasteiger partial charge is 0.423 e. The summed E-state index contributed by atoms with van der Waals surface area (Å²) in [5.41, 5.74) is 2.43. The summed E-state index contributed by atoms with van der Waals surface area (Å²) in [5.74, 6) is 0.123. The van der Waals surface area contributed by atoms with Crippen LogP contribution >= 0.6 is 11.6 Å². The summed E-state index contributed by atoms with van der Waals surface area (Å²) >= 11 is 5.95. The van der Waals surface area contributed by atoms with Gasteiger partial charge in [0.2, 0.25) is 0 Å². The summed E-state index contributed by atoms with van der Waals surface area (Å²) in [7, 11) is 0. The topological polar surface area (TPSA) is 26.3 Å². The predicted octanol–water partition coefficient (Wildman–Crippen LogP) is 4.18. The molecule has 92 valence electrons. The van der Waals surface area contributed by atoms with Gasteiger partial charge in [-0.2, -0.15) is 0 Å². The molecule has 0 aliphatic rings. The molecule has 0 aromatic heterocycles. The fraction of sp³-hybridized carbons (Fsp3) is 0.133. The Bertz CT molecular complexity index is 591. The molecule has 0 saturated heterocycles. The maximum atomic E-state index is 12.0. The van der Waals surface area contributed by atoms with Crippen LogP contribution < -0.4 is 4.74 Å². The normalized spacial score (nSPS) is 10.2. The first-order valence-electron chi connectivity index (χ1n) is 5.62. The molecule has 18 heavy (non-hydrogen) atoms. The number of halogens is 1. The summed E-state index contributed by atoms with van der Waals surface area (Å²) in [5, 5.41) is 0.396. The fourth-order valence-electron chi connectivity index (χ4n) is 1.70. The van der Waals surface area contributed by atoms with E-state index in [0.29, 0.717) is 16.3 Å². The maximum Gasteiger partial charge on any atom is 0.345 e. The Hall–Kier alpha value is -1.80. The Balaban J connectivity index is 2.24. The summed E-state index contributed by atoms with van der Waals surface area (Å²) in [6.45, 7) is 3.90. The number of benzene rings is 2. The van der Waals surface area contributed by atoms with E-state index in [2.05, 4.69) is 0 Å².